The molecule has 0 bridgehead atoms. The van der Waals surface area contributed by atoms with Crippen LogP contribution in [0, 0.1) is 0 Å². The molecule has 1 aromatic carbocycles. The van der Waals surface area contributed by atoms with E-state index in [0.717, 1.165) is 55.2 Å². The number of piperidine rings is 1. The smallest absolute Gasteiger partial charge is 0.228 e. The third-order valence-electron chi connectivity index (χ3n) is 4.00. The monoisotopic (exact) mass is 275 g/mol. The van der Waals surface area contributed by atoms with Crippen molar-refractivity contribution >= 4 is 23.0 Å². The van der Waals surface area contributed by atoms with E-state index in [1.165, 1.54) is 0 Å². The summed E-state index contributed by atoms with van der Waals surface area (Å²) in [5, 5.41) is 2.89. The maximum Gasteiger partial charge on any atom is 0.228 e. The Balaban J connectivity index is 1.83. The molecule has 0 radical (unpaired) electrons. The molecule has 0 saturated carbocycles. The van der Waals surface area contributed by atoms with Gasteiger partial charge >= 0.3 is 0 Å². The normalized spacial score (nSPS) is 21.8. The highest BCUT2D eigenvalue weighted by Crippen LogP contribution is 2.35. The summed E-state index contributed by atoms with van der Waals surface area (Å²) in [5.74, 6) is 0.0439. The highest BCUT2D eigenvalue weighted by molar-refractivity contribution is 6.00. The molecule has 1 atom stereocenters. The topological polar surface area (TPSA) is 67.6 Å². The van der Waals surface area contributed by atoms with Crippen LogP contribution in [0.5, 0.6) is 0 Å². The number of nitrogens with two attached hydrogens (primary N) is 1. The predicted molar refractivity (Wildman–Crippen MR) is 80.0 cm³/mol. The van der Waals surface area contributed by atoms with Crippen LogP contribution in [0.1, 0.15) is 25.3 Å². The number of anilines is 3. The van der Waals surface area contributed by atoms with E-state index in [2.05, 4.69) is 10.2 Å². The maximum atomic E-state index is 11.5. The summed E-state index contributed by atoms with van der Waals surface area (Å²) in [7, 11) is 0. The summed E-state index contributed by atoms with van der Waals surface area (Å²) < 4.78 is 5.73. The van der Waals surface area contributed by atoms with Gasteiger partial charge in [0, 0.05) is 25.4 Å². The number of nitrogens with one attached hydrogen (secondary N) is 1. The van der Waals surface area contributed by atoms with Gasteiger partial charge in [0.2, 0.25) is 5.91 Å². The lowest BCUT2D eigenvalue weighted by atomic mass is 10.0. The summed E-state index contributed by atoms with van der Waals surface area (Å²) in [6.45, 7) is 4.62. The van der Waals surface area contributed by atoms with Gasteiger partial charge in [-0.05, 0) is 37.5 Å². The Hall–Kier alpha value is -1.75. The minimum atomic E-state index is 0.0439. The number of carbonyl (C=O) groups is 1. The second-order valence-electron chi connectivity index (χ2n) is 5.46. The van der Waals surface area contributed by atoms with Crippen molar-refractivity contribution in [1.29, 1.82) is 0 Å². The molecule has 0 aromatic heterocycles. The third kappa shape index (κ3) is 2.45. The largest absolute Gasteiger partial charge is 0.397 e. The number of amides is 1. The van der Waals surface area contributed by atoms with Crippen molar-refractivity contribution in [3.63, 3.8) is 0 Å². The molecule has 108 valence electrons. The van der Waals surface area contributed by atoms with Crippen LogP contribution in [0.15, 0.2) is 12.1 Å². The number of ether oxygens (including phenoxy) is 1. The van der Waals surface area contributed by atoms with Gasteiger partial charge in [-0.3, -0.25) is 4.79 Å². The highest BCUT2D eigenvalue weighted by Gasteiger charge is 2.25. The molecule has 5 nitrogen and oxygen atoms in total. The zero-order chi connectivity index (χ0) is 14.1. The van der Waals surface area contributed by atoms with Crippen molar-refractivity contribution in [1.82, 2.24) is 0 Å². The van der Waals surface area contributed by atoms with E-state index in [9.17, 15) is 4.79 Å². The lowest BCUT2D eigenvalue weighted by Crippen LogP contribution is -2.40. The van der Waals surface area contributed by atoms with E-state index in [4.69, 9.17) is 10.5 Å². The van der Waals surface area contributed by atoms with Crippen molar-refractivity contribution in [3.05, 3.63) is 17.7 Å². The van der Waals surface area contributed by atoms with Crippen molar-refractivity contribution in [2.75, 3.05) is 35.6 Å². The molecule has 1 saturated heterocycles. The van der Waals surface area contributed by atoms with Gasteiger partial charge in [0.15, 0.2) is 0 Å². The molecule has 2 aliphatic rings. The van der Waals surface area contributed by atoms with Crippen LogP contribution >= 0.6 is 0 Å². The Bertz CT molecular complexity index is 528. The van der Waals surface area contributed by atoms with Gasteiger partial charge < -0.3 is 20.7 Å². The third-order valence-corrected chi connectivity index (χ3v) is 4.00. The second-order valence-corrected chi connectivity index (χ2v) is 5.46. The summed E-state index contributed by atoms with van der Waals surface area (Å²) in [6.07, 6.45) is 2.91. The quantitative estimate of drug-likeness (QED) is 0.825. The van der Waals surface area contributed by atoms with Crippen LogP contribution in [0.4, 0.5) is 17.1 Å². The molecule has 1 aromatic rings. The lowest BCUT2D eigenvalue weighted by molar-refractivity contribution is -0.115. The van der Waals surface area contributed by atoms with Crippen molar-refractivity contribution in [3.8, 4) is 0 Å². The number of rotatable bonds is 3. The van der Waals surface area contributed by atoms with Gasteiger partial charge in [0.05, 0.1) is 23.9 Å². The molecule has 3 N–H and O–H groups in total. The Kier molecular flexibility index (Phi) is 3.53. The first-order valence-corrected chi connectivity index (χ1v) is 7.26. The van der Waals surface area contributed by atoms with Crippen LogP contribution in [-0.4, -0.2) is 31.7 Å². The molecule has 1 unspecified atom stereocenters. The molecule has 1 fully saturated rings. The number of nitrogens with zero attached hydrogens (tertiary/aromatic N) is 1. The molecule has 1 amide bonds. The SMILES string of the molecule is CCOC1CCCN(c2cc3c(cc2N)CC(=O)N3)C1. The number of hydrogen-bond acceptors (Lipinski definition) is 4. The summed E-state index contributed by atoms with van der Waals surface area (Å²) in [4.78, 5) is 13.7. The van der Waals surface area contributed by atoms with Gasteiger partial charge in [0.25, 0.3) is 0 Å². The first kappa shape index (κ1) is 13.2. The summed E-state index contributed by atoms with van der Waals surface area (Å²) in [6, 6.07) is 3.93. The van der Waals surface area contributed by atoms with Crippen LogP contribution in [-0.2, 0) is 16.0 Å². The van der Waals surface area contributed by atoms with Gasteiger partial charge in [-0.15, -0.1) is 0 Å². The minimum absolute atomic E-state index is 0.0439. The first-order chi connectivity index (χ1) is 9.67. The second kappa shape index (κ2) is 5.32. The summed E-state index contributed by atoms with van der Waals surface area (Å²) in [5.41, 5.74) is 9.82. The Morgan fingerprint density at radius 3 is 3.15 bits per heavy atom. The molecule has 5 heteroatoms. The molecule has 0 aliphatic carbocycles. The van der Waals surface area contributed by atoms with Gasteiger partial charge in [0.1, 0.15) is 0 Å². The number of benzene rings is 1. The molecular weight excluding hydrogens is 254 g/mol. The molecule has 20 heavy (non-hydrogen) atoms. The van der Waals surface area contributed by atoms with Gasteiger partial charge in [-0.2, -0.15) is 0 Å². The number of nitrogen functional groups attached to an aromatic ring is 1. The van der Waals surface area contributed by atoms with E-state index in [-0.39, 0.29) is 12.0 Å². The zero-order valence-electron chi connectivity index (χ0n) is 11.8. The van der Waals surface area contributed by atoms with Crippen LogP contribution in [0.2, 0.25) is 0 Å². The van der Waals surface area contributed by atoms with Crippen LogP contribution in [0.3, 0.4) is 0 Å². The predicted octanol–water partition coefficient (Wildman–Crippen LogP) is 1.77. The van der Waals surface area contributed by atoms with E-state index in [1.54, 1.807) is 0 Å². The van der Waals surface area contributed by atoms with E-state index in [1.807, 2.05) is 19.1 Å². The Labute approximate surface area is 119 Å². The zero-order valence-corrected chi connectivity index (χ0v) is 11.8. The molecular formula is C15H21N3O2. The van der Waals surface area contributed by atoms with E-state index >= 15 is 0 Å². The molecule has 0 spiro atoms. The molecule has 2 aliphatic heterocycles. The van der Waals surface area contributed by atoms with Gasteiger partial charge in [-0.1, -0.05) is 0 Å². The van der Waals surface area contributed by atoms with E-state index in [0.29, 0.717) is 6.42 Å². The van der Waals surface area contributed by atoms with Crippen molar-refractivity contribution in [2.24, 2.45) is 0 Å². The number of fused-ring (bicyclic) bond motifs is 1. The molecule has 2 heterocycles. The fourth-order valence-corrected chi connectivity index (χ4v) is 3.08. The number of hydrogen-bond donors (Lipinski definition) is 2. The number of carbonyl (C=O) groups excluding carboxylic acids is 1. The van der Waals surface area contributed by atoms with Crippen LogP contribution < -0.4 is 16.0 Å². The fraction of sp³-hybridized carbons (Fsp3) is 0.533. The average Bonchev–Trinajstić information content (AvgIpc) is 2.77. The highest BCUT2D eigenvalue weighted by atomic mass is 16.5. The Morgan fingerprint density at radius 1 is 1.50 bits per heavy atom. The summed E-state index contributed by atoms with van der Waals surface area (Å²) >= 11 is 0. The maximum absolute atomic E-state index is 11.5. The molecule has 3 rings (SSSR count). The minimum Gasteiger partial charge on any atom is -0.397 e. The van der Waals surface area contributed by atoms with Gasteiger partial charge in [-0.25, -0.2) is 0 Å². The lowest BCUT2D eigenvalue weighted by Gasteiger charge is -2.35. The average molecular weight is 275 g/mol. The van der Waals surface area contributed by atoms with Crippen molar-refractivity contribution < 1.29 is 9.53 Å². The first-order valence-electron chi connectivity index (χ1n) is 7.26. The standard InChI is InChI=1S/C15H21N3O2/c1-2-20-11-4-3-5-18(9-11)14-8-13-10(6-12(14)16)7-15(19)17-13/h6,8,11H,2-5,7,9,16H2,1H3,(H,17,19). The Morgan fingerprint density at radius 2 is 2.35 bits per heavy atom. The van der Waals surface area contributed by atoms with Crippen LogP contribution in [0.25, 0.3) is 0 Å². The van der Waals surface area contributed by atoms with E-state index < -0.39 is 0 Å². The fourth-order valence-electron chi connectivity index (χ4n) is 3.08. The van der Waals surface area contributed by atoms with Crippen molar-refractivity contribution in [2.45, 2.75) is 32.3 Å².